The van der Waals surface area contributed by atoms with Crippen molar-refractivity contribution in [1.82, 2.24) is 4.90 Å². The number of nitrogens with one attached hydrogen (secondary N) is 1. The molecular formula is C22H26N4O5. The van der Waals surface area contributed by atoms with Gasteiger partial charge in [-0.15, -0.1) is 0 Å². The first kappa shape index (κ1) is 22.1. The number of amides is 2. The maximum absolute atomic E-state index is 13.3. The van der Waals surface area contributed by atoms with Crippen LogP contribution in [0.1, 0.15) is 30.1 Å². The quantitative estimate of drug-likeness (QED) is 0.513. The molecule has 1 fully saturated rings. The summed E-state index contributed by atoms with van der Waals surface area (Å²) in [6.45, 7) is 3.46. The smallest absolute Gasteiger partial charge is 0.270 e. The molecular weight excluding hydrogens is 400 g/mol. The fourth-order valence-electron chi connectivity index (χ4n) is 3.61. The molecule has 9 nitrogen and oxygen atoms in total. The van der Waals surface area contributed by atoms with E-state index in [0.717, 1.165) is 25.9 Å². The molecule has 2 aromatic rings. The van der Waals surface area contributed by atoms with Crippen molar-refractivity contribution in [3.63, 3.8) is 0 Å². The number of hydrogen-bond acceptors (Lipinski definition) is 6. The molecule has 0 saturated carbocycles. The van der Waals surface area contributed by atoms with E-state index in [9.17, 15) is 19.7 Å². The van der Waals surface area contributed by atoms with Crippen molar-refractivity contribution in [3.8, 4) is 5.75 Å². The zero-order chi connectivity index (χ0) is 22.4. The van der Waals surface area contributed by atoms with Crippen LogP contribution in [0.15, 0.2) is 42.5 Å². The third kappa shape index (κ3) is 5.30. The number of nitro benzene ring substituents is 1. The number of likely N-dealkylation sites (N-methyl/N-ethyl adjacent to an activating group) is 1. The van der Waals surface area contributed by atoms with Gasteiger partial charge in [0.05, 0.1) is 23.3 Å². The Kier molecular flexibility index (Phi) is 7.07. The van der Waals surface area contributed by atoms with Gasteiger partial charge in [0.1, 0.15) is 12.3 Å². The van der Waals surface area contributed by atoms with Crippen LogP contribution in [0.2, 0.25) is 0 Å². The van der Waals surface area contributed by atoms with Gasteiger partial charge in [0, 0.05) is 43.5 Å². The normalized spacial score (nSPS) is 13.0. The van der Waals surface area contributed by atoms with Crippen LogP contribution in [0.25, 0.3) is 0 Å². The van der Waals surface area contributed by atoms with Crippen molar-refractivity contribution >= 4 is 28.9 Å². The summed E-state index contributed by atoms with van der Waals surface area (Å²) in [5, 5.41) is 14.0. The Bertz CT molecular complexity index is 972. The number of methoxy groups -OCH3 is 1. The highest BCUT2D eigenvalue weighted by atomic mass is 16.6. The summed E-state index contributed by atoms with van der Waals surface area (Å²) in [5.74, 6) is -0.168. The van der Waals surface area contributed by atoms with Gasteiger partial charge in [-0.25, -0.2) is 0 Å². The molecule has 3 rings (SSSR count). The van der Waals surface area contributed by atoms with Gasteiger partial charge >= 0.3 is 0 Å². The van der Waals surface area contributed by atoms with Crippen molar-refractivity contribution < 1.29 is 19.2 Å². The molecule has 31 heavy (non-hydrogen) atoms. The lowest BCUT2D eigenvalue weighted by Crippen LogP contribution is -2.38. The van der Waals surface area contributed by atoms with Crippen LogP contribution in [0.4, 0.5) is 17.1 Å². The number of anilines is 2. The largest absolute Gasteiger partial charge is 0.497 e. The standard InChI is InChI=1S/C22H26N4O5/c1-3-24(15-21(27)23-16-7-6-8-18(13-16)31-2)22(28)19-14-17(26(29)30)9-10-20(19)25-11-4-5-12-25/h6-10,13-14H,3-5,11-12,15H2,1-2H3,(H,23,27). The van der Waals surface area contributed by atoms with Crippen molar-refractivity contribution in [2.24, 2.45) is 0 Å². The van der Waals surface area contributed by atoms with E-state index in [0.29, 0.717) is 17.1 Å². The number of nitrogens with zero attached hydrogens (tertiary/aromatic N) is 3. The SMILES string of the molecule is CCN(CC(=O)Nc1cccc(OC)c1)C(=O)c1cc([N+](=O)[O-])ccc1N1CCCC1. The molecule has 1 saturated heterocycles. The molecule has 164 valence electrons. The summed E-state index contributed by atoms with van der Waals surface area (Å²) in [7, 11) is 1.54. The molecule has 1 aliphatic rings. The highest BCUT2D eigenvalue weighted by Gasteiger charge is 2.26. The van der Waals surface area contributed by atoms with E-state index in [4.69, 9.17) is 4.74 Å². The number of rotatable bonds is 8. The van der Waals surface area contributed by atoms with E-state index in [-0.39, 0.29) is 30.2 Å². The van der Waals surface area contributed by atoms with Crippen molar-refractivity contribution in [1.29, 1.82) is 0 Å². The highest BCUT2D eigenvalue weighted by Crippen LogP contribution is 2.29. The van der Waals surface area contributed by atoms with Crippen LogP contribution in [-0.2, 0) is 4.79 Å². The van der Waals surface area contributed by atoms with Gasteiger partial charge in [0.25, 0.3) is 11.6 Å². The Hall–Kier alpha value is -3.62. The van der Waals surface area contributed by atoms with Crippen molar-refractivity contribution in [2.75, 3.05) is 43.5 Å². The number of nitro groups is 1. The van der Waals surface area contributed by atoms with Crippen LogP contribution in [0.5, 0.6) is 5.75 Å². The van der Waals surface area contributed by atoms with Gasteiger partial charge in [-0.1, -0.05) is 6.07 Å². The lowest BCUT2D eigenvalue weighted by Gasteiger charge is -2.25. The minimum Gasteiger partial charge on any atom is -0.497 e. The summed E-state index contributed by atoms with van der Waals surface area (Å²) in [5.41, 5.74) is 1.32. The molecule has 2 aromatic carbocycles. The first-order valence-electron chi connectivity index (χ1n) is 10.2. The van der Waals surface area contributed by atoms with E-state index in [1.807, 2.05) is 0 Å². The zero-order valence-electron chi connectivity index (χ0n) is 17.7. The first-order valence-corrected chi connectivity index (χ1v) is 10.2. The molecule has 0 bridgehead atoms. The topological polar surface area (TPSA) is 105 Å². The molecule has 1 aliphatic heterocycles. The molecule has 0 radical (unpaired) electrons. The zero-order valence-corrected chi connectivity index (χ0v) is 17.7. The molecule has 0 unspecified atom stereocenters. The molecule has 2 amide bonds. The molecule has 0 aliphatic carbocycles. The minimum absolute atomic E-state index is 0.150. The summed E-state index contributed by atoms with van der Waals surface area (Å²) in [6, 6.07) is 11.3. The number of ether oxygens (including phenoxy) is 1. The van der Waals surface area contributed by atoms with Crippen molar-refractivity contribution in [2.45, 2.75) is 19.8 Å². The first-order chi connectivity index (χ1) is 14.9. The number of hydrogen-bond donors (Lipinski definition) is 1. The van der Waals surface area contributed by atoms with E-state index in [1.165, 1.54) is 24.1 Å². The number of carbonyl (C=O) groups excluding carboxylic acids is 2. The Morgan fingerprint density at radius 2 is 1.94 bits per heavy atom. The van der Waals surface area contributed by atoms with E-state index in [1.54, 1.807) is 37.3 Å². The molecule has 0 atom stereocenters. The van der Waals surface area contributed by atoms with E-state index in [2.05, 4.69) is 10.2 Å². The van der Waals surface area contributed by atoms with Gasteiger partial charge in [0.15, 0.2) is 0 Å². The Morgan fingerprint density at radius 1 is 1.19 bits per heavy atom. The monoisotopic (exact) mass is 426 g/mol. The maximum atomic E-state index is 13.3. The Balaban J connectivity index is 1.81. The number of benzene rings is 2. The minimum atomic E-state index is -0.518. The number of non-ortho nitro benzene ring substituents is 1. The van der Waals surface area contributed by atoms with Gasteiger partial charge in [-0.2, -0.15) is 0 Å². The molecule has 1 N–H and O–H groups in total. The second-order valence-corrected chi connectivity index (χ2v) is 7.25. The van der Waals surface area contributed by atoms with E-state index >= 15 is 0 Å². The molecule has 9 heteroatoms. The van der Waals surface area contributed by atoms with Crippen molar-refractivity contribution in [3.05, 3.63) is 58.1 Å². The van der Waals surface area contributed by atoms with Gasteiger partial charge in [-0.3, -0.25) is 19.7 Å². The van der Waals surface area contributed by atoms with Crippen LogP contribution in [-0.4, -0.2) is 54.9 Å². The predicted molar refractivity (Wildman–Crippen MR) is 118 cm³/mol. The van der Waals surface area contributed by atoms with Crippen LogP contribution < -0.4 is 15.0 Å². The number of carbonyl (C=O) groups is 2. The van der Waals surface area contributed by atoms with Gasteiger partial charge in [-0.05, 0) is 38.0 Å². The van der Waals surface area contributed by atoms with Gasteiger partial charge in [0.2, 0.25) is 5.91 Å². The fourth-order valence-corrected chi connectivity index (χ4v) is 3.61. The van der Waals surface area contributed by atoms with Gasteiger partial charge < -0.3 is 19.9 Å². The van der Waals surface area contributed by atoms with Crippen LogP contribution in [0.3, 0.4) is 0 Å². The maximum Gasteiger partial charge on any atom is 0.270 e. The molecule has 0 aromatic heterocycles. The summed E-state index contributed by atoms with van der Waals surface area (Å²) < 4.78 is 5.15. The third-order valence-corrected chi connectivity index (χ3v) is 5.23. The third-order valence-electron chi connectivity index (χ3n) is 5.23. The lowest BCUT2D eigenvalue weighted by molar-refractivity contribution is -0.384. The highest BCUT2D eigenvalue weighted by molar-refractivity contribution is 6.03. The summed E-state index contributed by atoms with van der Waals surface area (Å²) >= 11 is 0. The average molecular weight is 426 g/mol. The lowest BCUT2D eigenvalue weighted by atomic mass is 10.1. The summed E-state index contributed by atoms with van der Waals surface area (Å²) in [4.78, 5) is 40.1. The second kappa shape index (κ2) is 9.92. The van der Waals surface area contributed by atoms with E-state index < -0.39 is 10.8 Å². The van der Waals surface area contributed by atoms with Crippen LogP contribution >= 0.6 is 0 Å². The molecule has 1 heterocycles. The average Bonchev–Trinajstić information content (AvgIpc) is 3.31. The summed E-state index contributed by atoms with van der Waals surface area (Å²) in [6.07, 6.45) is 2.01. The van der Waals surface area contributed by atoms with Crippen LogP contribution in [0, 0.1) is 10.1 Å². The molecule has 0 spiro atoms. The fraction of sp³-hybridized carbons (Fsp3) is 0.364. The Labute approximate surface area is 180 Å². The Morgan fingerprint density at radius 3 is 2.58 bits per heavy atom. The second-order valence-electron chi connectivity index (χ2n) is 7.25. The predicted octanol–water partition coefficient (Wildman–Crippen LogP) is 3.30.